The summed E-state index contributed by atoms with van der Waals surface area (Å²) < 4.78 is 5.31. The Labute approximate surface area is 163 Å². The molecule has 0 aliphatic rings. The van der Waals surface area contributed by atoms with Crippen LogP contribution in [0.2, 0.25) is 5.02 Å². The molecule has 140 valence electrons. The Hall–Kier alpha value is -2.70. The molecule has 0 fully saturated rings. The van der Waals surface area contributed by atoms with E-state index in [9.17, 15) is 4.79 Å². The molecule has 1 amide bonds. The molecule has 1 atom stereocenters. The van der Waals surface area contributed by atoms with Crippen molar-refractivity contribution in [2.45, 2.75) is 20.4 Å². The van der Waals surface area contributed by atoms with Gasteiger partial charge in [-0.2, -0.15) is 4.98 Å². The average Bonchev–Trinajstić information content (AvgIpc) is 3.07. The van der Waals surface area contributed by atoms with Crippen LogP contribution in [0.1, 0.15) is 17.0 Å². The van der Waals surface area contributed by atoms with Crippen molar-refractivity contribution in [2.75, 3.05) is 18.9 Å². The molecule has 0 aliphatic carbocycles. The van der Waals surface area contributed by atoms with Gasteiger partial charge in [0.2, 0.25) is 5.82 Å². The van der Waals surface area contributed by atoms with E-state index in [1.807, 2.05) is 51.2 Å². The molecule has 0 aliphatic heterocycles. The predicted molar refractivity (Wildman–Crippen MR) is 105 cm³/mol. The number of nitrogens with zero attached hydrogens (tertiary/aromatic N) is 2. The van der Waals surface area contributed by atoms with Crippen LogP contribution >= 0.6 is 11.6 Å². The molecule has 0 saturated carbocycles. The summed E-state index contributed by atoms with van der Waals surface area (Å²) in [5, 5.41) is 7.61. The number of aryl methyl sites for hydroxylation is 1. The molecular weight excluding hydrogens is 364 g/mol. The number of carbonyl (C=O) groups excluding carboxylic acids is 1. The number of hydrogen-bond donors (Lipinski definition) is 2. The first-order chi connectivity index (χ1) is 12.9. The number of anilines is 1. The minimum Gasteiger partial charge on any atom is -0.333 e. The molecule has 1 aromatic heterocycles. The quantitative estimate of drug-likeness (QED) is 0.684. The maximum Gasteiger partial charge on any atom is 0.282 e. The van der Waals surface area contributed by atoms with E-state index in [4.69, 9.17) is 16.1 Å². The van der Waals surface area contributed by atoms with Crippen molar-refractivity contribution < 1.29 is 14.2 Å². The first kappa shape index (κ1) is 19.1. The number of benzene rings is 2. The lowest BCUT2D eigenvalue weighted by Crippen LogP contribution is -3.08. The van der Waals surface area contributed by atoms with E-state index >= 15 is 0 Å². The second-order valence-electron chi connectivity index (χ2n) is 6.62. The number of likely N-dealkylation sites (N-methyl/N-ethyl adjacent to an activating group) is 1. The van der Waals surface area contributed by atoms with Crippen molar-refractivity contribution in [3.05, 3.63) is 64.5 Å². The van der Waals surface area contributed by atoms with Gasteiger partial charge in [-0.1, -0.05) is 28.9 Å². The van der Waals surface area contributed by atoms with Crippen molar-refractivity contribution in [3.63, 3.8) is 0 Å². The minimum absolute atomic E-state index is 0.0568. The SMILES string of the molecule is Cc1cccc(NC(=O)C[NH+](C)Cc2nc(-c3ccc(Cl)cc3)no2)c1C. The fourth-order valence-corrected chi connectivity index (χ4v) is 2.84. The molecular formula is C20H22ClN4O2+. The second-order valence-corrected chi connectivity index (χ2v) is 7.06. The fourth-order valence-electron chi connectivity index (χ4n) is 2.72. The summed E-state index contributed by atoms with van der Waals surface area (Å²) in [7, 11) is 1.91. The van der Waals surface area contributed by atoms with Crippen molar-refractivity contribution in [1.82, 2.24) is 10.1 Å². The van der Waals surface area contributed by atoms with Gasteiger partial charge in [0, 0.05) is 16.3 Å². The number of quaternary nitrogens is 1. The third-order valence-electron chi connectivity index (χ3n) is 4.36. The lowest BCUT2D eigenvalue weighted by atomic mass is 10.1. The van der Waals surface area contributed by atoms with Gasteiger partial charge < -0.3 is 14.7 Å². The molecule has 0 spiro atoms. The number of aromatic nitrogens is 2. The lowest BCUT2D eigenvalue weighted by Gasteiger charge is -2.13. The molecule has 2 N–H and O–H groups in total. The molecule has 1 unspecified atom stereocenters. The monoisotopic (exact) mass is 385 g/mol. The molecule has 27 heavy (non-hydrogen) atoms. The van der Waals surface area contributed by atoms with Crippen LogP contribution in [0.15, 0.2) is 47.0 Å². The van der Waals surface area contributed by atoms with Crippen LogP contribution < -0.4 is 10.2 Å². The third kappa shape index (κ3) is 4.93. The van der Waals surface area contributed by atoms with Crippen LogP contribution in [0.4, 0.5) is 5.69 Å². The number of amides is 1. The highest BCUT2D eigenvalue weighted by atomic mass is 35.5. The van der Waals surface area contributed by atoms with Gasteiger partial charge in [-0.25, -0.2) is 0 Å². The number of carbonyl (C=O) groups is 1. The summed E-state index contributed by atoms with van der Waals surface area (Å²) in [5.41, 5.74) is 3.90. The first-order valence-electron chi connectivity index (χ1n) is 8.68. The van der Waals surface area contributed by atoms with Crippen LogP contribution in [0.5, 0.6) is 0 Å². The van der Waals surface area contributed by atoms with E-state index in [2.05, 4.69) is 15.5 Å². The zero-order valence-electron chi connectivity index (χ0n) is 15.5. The van der Waals surface area contributed by atoms with E-state index in [0.717, 1.165) is 27.3 Å². The first-order valence-corrected chi connectivity index (χ1v) is 9.06. The second kappa shape index (κ2) is 8.33. The smallest absolute Gasteiger partial charge is 0.282 e. The van der Waals surface area contributed by atoms with Crippen LogP contribution in [-0.4, -0.2) is 29.6 Å². The lowest BCUT2D eigenvalue weighted by molar-refractivity contribution is -0.886. The molecule has 0 radical (unpaired) electrons. The normalized spacial score (nSPS) is 12.0. The maximum absolute atomic E-state index is 12.3. The Morgan fingerprint density at radius 1 is 1.19 bits per heavy atom. The molecule has 7 heteroatoms. The third-order valence-corrected chi connectivity index (χ3v) is 4.62. The highest BCUT2D eigenvalue weighted by Gasteiger charge is 2.16. The highest BCUT2D eigenvalue weighted by Crippen LogP contribution is 2.19. The summed E-state index contributed by atoms with van der Waals surface area (Å²) in [6.45, 7) is 4.78. The summed E-state index contributed by atoms with van der Waals surface area (Å²) in [6.07, 6.45) is 0. The Balaban J connectivity index is 1.57. The van der Waals surface area contributed by atoms with Crippen LogP contribution in [0.3, 0.4) is 0 Å². The minimum atomic E-state index is -0.0568. The molecule has 1 heterocycles. The standard InChI is InChI=1S/C20H21ClN4O2/c1-13-5-4-6-17(14(13)2)22-18(26)11-25(3)12-19-23-20(24-27-19)15-7-9-16(21)10-8-15/h4-10H,11-12H2,1-3H3,(H,22,26)/p+1. The Morgan fingerprint density at radius 3 is 2.67 bits per heavy atom. The van der Waals surface area contributed by atoms with Gasteiger partial charge in [-0.15, -0.1) is 0 Å². The Bertz CT molecular complexity index is 937. The van der Waals surface area contributed by atoms with E-state index < -0.39 is 0 Å². The molecule has 0 bridgehead atoms. The van der Waals surface area contributed by atoms with E-state index in [-0.39, 0.29) is 5.91 Å². The topological polar surface area (TPSA) is 72.5 Å². The van der Waals surface area contributed by atoms with Gasteiger partial charge in [-0.3, -0.25) is 4.79 Å². The number of hydrogen-bond acceptors (Lipinski definition) is 4. The summed E-state index contributed by atoms with van der Waals surface area (Å²) in [6, 6.07) is 13.1. The van der Waals surface area contributed by atoms with Crippen molar-refractivity contribution in [3.8, 4) is 11.4 Å². The van der Waals surface area contributed by atoms with Gasteiger partial charge in [-0.05, 0) is 55.3 Å². The van der Waals surface area contributed by atoms with Crippen LogP contribution in [0.25, 0.3) is 11.4 Å². The largest absolute Gasteiger partial charge is 0.333 e. The Kier molecular flexibility index (Phi) is 5.88. The van der Waals surface area contributed by atoms with Crippen molar-refractivity contribution >= 4 is 23.2 Å². The number of halogens is 1. The fraction of sp³-hybridized carbons (Fsp3) is 0.250. The number of nitrogens with one attached hydrogen (secondary N) is 2. The predicted octanol–water partition coefficient (Wildman–Crippen LogP) is 2.66. The highest BCUT2D eigenvalue weighted by molar-refractivity contribution is 6.30. The maximum atomic E-state index is 12.3. The van der Waals surface area contributed by atoms with Crippen molar-refractivity contribution in [2.24, 2.45) is 0 Å². The van der Waals surface area contributed by atoms with E-state index in [1.54, 1.807) is 12.1 Å². The number of rotatable bonds is 6. The van der Waals surface area contributed by atoms with Gasteiger partial charge in [0.25, 0.3) is 11.8 Å². The van der Waals surface area contributed by atoms with Crippen LogP contribution in [-0.2, 0) is 11.3 Å². The van der Waals surface area contributed by atoms with Gasteiger partial charge in [0.15, 0.2) is 13.1 Å². The van der Waals surface area contributed by atoms with Crippen molar-refractivity contribution in [1.29, 1.82) is 0 Å². The van der Waals surface area contributed by atoms with E-state index in [1.165, 1.54) is 0 Å². The molecule has 3 aromatic rings. The Morgan fingerprint density at radius 2 is 1.93 bits per heavy atom. The van der Waals surface area contributed by atoms with E-state index in [0.29, 0.717) is 29.8 Å². The zero-order valence-corrected chi connectivity index (χ0v) is 16.3. The zero-order chi connectivity index (χ0) is 19.4. The van der Waals surface area contributed by atoms with Gasteiger partial charge in [0.05, 0.1) is 7.05 Å². The van der Waals surface area contributed by atoms with Crippen LogP contribution in [0, 0.1) is 13.8 Å². The van der Waals surface area contributed by atoms with Gasteiger partial charge >= 0.3 is 0 Å². The summed E-state index contributed by atoms with van der Waals surface area (Å²) in [5.74, 6) is 0.935. The summed E-state index contributed by atoms with van der Waals surface area (Å²) >= 11 is 5.89. The molecule has 6 nitrogen and oxygen atoms in total. The van der Waals surface area contributed by atoms with Gasteiger partial charge in [0.1, 0.15) is 0 Å². The average molecular weight is 386 g/mol. The molecule has 2 aromatic carbocycles. The summed E-state index contributed by atoms with van der Waals surface area (Å²) in [4.78, 5) is 17.7. The molecule has 3 rings (SSSR count). The molecule has 0 saturated heterocycles.